The molecule has 0 fully saturated rings. The SMILES string of the molecule is BrC(=COc1c(Br)cc(Br)cc1Br)C(Br)COc1c(Br)cc(Br)cc1Br. The van der Waals surface area contributed by atoms with Crippen molar-refractivity contribution in [2.24, 2.45) is 0 Å². The van der Waals surface area contributed by atoms with Gasteiger partial charge in [-0.15, -0.1) is 0 Å². The molecule has 10 heteroatoms. The molecule has 0 radical (unpaired) electrons. The third-order valence-corrected chi connectivity index (χ3v) is 8.27. The molecule has 0 N–H and O–H groups in total. The molecule has 1 unspecified atom stereocenters. The highest BCUT2D eigenvalue weighted by molar-refractivity contribution is 9.14. The van der Waals surface area contributed by atoms with Gasteiger partial charge in [0.15, 0.2) is 5.75 Å². The van der Waals surface area contributed by atoms with Crippen LogP contribution < -0.4 is 9.47 Å². The summed E-state index contributed by atoms with van der Waals surface area (Å²) in [5.41, 5.74) is 0. The molecule has 2 aromatic rings. The van der Waals surface area contributed by atoms with Crippen LogP contribution in [0.25, 0.3) is 0 Å². The third-order valence-electron chi connectivity index (χ3n) is 2.89. The molecule has 140 valence electrons. The molecule has 0 heterocycles. The minimum absolute atomic E-state index is 0.0852. The molecule has 0 bridgehead atoms. The number of alkyl halides is 1. The fourth-order valence-corrected chi connectivity index (χ4v) is 7.13. The lowest BCUT2D eigenvalue weighted by molar-refractivity contribution is 0.324. The lowest BCUT2D eigenvalue weighted by atomic mass is 10.3. The van der Waals surface area contributed by atoms with Gasteiger partial charge in [-0.25, -0.2) is 0 Å². The van der Waals surface area contributed by atoms with Gasteiger partial charge >= 0.3 is 0 Å². The van der Waals surface area contributed by atoms with Crippen LogP contribution in [0.15, 0.2) is 61.8 Å². The lowest BCUT2D eigenvalue weighted by Crippen LogP contribution is -2.12. The van der Waals surface area contributed by atoms with Crippen molar-refractivity contribution in [1.29, 1.82) is 0 Å². The Bertz CT molecular complexity index is 791. The molecular formula is C16H8Br8O2. The average molecular weight is 871 g/mol. The van der Waals surface area contributed by atoms with Crippen LogP contribution in [0.2, 0.25) is 0 Å². The van der Waals surface area contributed by atoms with Crippen molar-refractivity contribution in [2.75, 3.05) is 6.61 Å². The van der Waals surface area contributed by atoms with E-state index in [1.54, 1.807) is 6.26 Å². The molecule has 2 aromatic carbocycles. The molecule has 0 aromatic heterocycles. The summed E-state index contributed by atoms with van der Waals surface area (Å²) in [7, 11) is 0. The molecule has 0 aliphatic heterocycles. The first-order valence-corrected chi connectivity index (χ1v) is 13.2. The van der Waals surface area contributed by atoms with E-state index in [2.05, 4.69) is 127 Å². The van der Waals surface area contributed by atoms with Crippen LogP contribution in [0, 0.1) is 0 Å². The van der Waals surface area contributed by atoms with Crippen LogP contribution in [0.3, 0.4) is 0 Å². The Kier molecular flexibility index (Phi) is 10.2. The first-order valence-electron chi connectivity index (χ1n) is 6.77. The fraction of sp³-hybridized carbons (Fsp3) is 0.125. The van der Waals surface area contributed by atoms with E-state index in [0.29, 0.717) is 12.4 Å². The summed E-state index contributed by atoms with van der Waals surface area (Å²) in [5, 5.41) is 0. The standard InChI is InChI=1S/C16H8Br8O2/c17-7-1-9(19)15(10(20)2-7)25-5-13(23)14(24)6-26-16-11(21)3-8(18)4-12(16)22/h1-5,14H,6H2. The van der Waals surface area contributed by atoms with Crippen molar-refractivity contribution in [2.45, 2.75) is 4.83 Å². The summed E-state index contributed by atoms with van der Waals surface area (Å²) in [5.74, 6) is 1.42. The molecule has 0 saturated heterocycles. The summed E-state index contributed by atoms with van der Waals surface area (Å²) < 4.78 is 17.8. The van der Waals surface area contributed by atoms with Crippen LogP contribution in [-0.2, 0) is 0 Å². The number of benzene rings is 2. The van der Waals surface area contributed by atoms with E-state index in [1.165, 1.54) is 0 Å². The normalized spacial score (nSPS) is 12.8. The molecule has 2 rings (SSSR count). The Morgan fingerprint density at radius 1 is 0.808 bits per heavy atom. The van der Waals surface area contributed by atoms with Crippen LogP contribution in [-0.4, -0.2) is 11.4 Å². The maximum absolute atomic E-state index is 5.91. The first-order chi connectivity index (χ1) is 12.2. The van der Waals surface area contributed by atoms with Gasteiger partial charge < -0.3 is 9.47 Å². The minimum Gasteiger partial charge on any atom is -0.490 e. The zero-order chi connectivity index (χ0) is 19.4. The predicted molar refractivity (Wildman–Crippen MR) is 135 cm³/mol. The largest absolute Gasteiger partial charge is 0.490 e. The van der Waals surface area contributed by atoms with Crippen molar-refractivity contribution in [3.05, 3.63) is 61.8 Å². The summed E-state index contributed by atoms with van der Waals surface area (Å²) in [6.07, 6.45) is 1.63. The quantitative estimate of drug-likeness (QED) is 0.213. The van der Waals surface area contributed by atoms with Crippen molar-refractivity contribution in [3.63, 3.8) is 0 Å². The Balaban J connectivity index is 2.04. The van der Waals surface area contributed by atoms with Crippen molar-refractivity contribution in [1.82, 2.24) is 0 Å². The van der Waals surface area contributed by atoms with E-state index in [1.807, 2.05) is 24.3 Å². The highest BCUT2D eigenvalue weighted by atomic mass is 79.9. The van der Waals surface area contributed by atoms with E-state index in [0.717, 1.165) is 37.1 Å². The second-order valence-electron chi connectivity index (χ2n) is 4.80. The summed E-state index contributed by atoms with van der Waals surface area (Å²) >= 11 is 28.0. The molecule has 0 saturated carbocycles. The third kappa shape index (κ3) is 6.85. The molecule has 0 spiro atoms. The van der Waals surface area contributed by atoms with Gasteiger partial charge in [-0.1, -0.05) is 63.7 Å². The monoisotopic (exact) mass is 863 g/mol. The van der Waals surface area contributed by atoms with E-state index in [-0.39, 0.29) is 4.83 Å². The summed E-state index contributed by atoms with van der Waals surface area (Å²) in [6.45, 7) is 0.405. The fourth-order valence-electron chi connectivity index (χ4n) is 1.73. The smallest absolute Gasteiger partial charge is 0.154 e. The maximum atomic E-state index is 5.91. The molecule has 0 aliphatic rings. The minimum atomic E-state index is -0.0852. The van der Waals surface area contributed by atoms with Crippen LogP contribution in [0.5, 0.6) is 11.5 Å². The average Bonchev–Trinajstić information content (AvgIpc) is 2.52. The van der Waals surface area contributed by atoms with Gasteiger partial charge in [-0.2, -0.15) is 0 Å². The van der Waals surface area contributed by atoms with E-state index < -0.39 is 0 Å². The van der Waals surface area contributed by atoms with Crippen molar-refractivity contribution in [3.8, 4) is 11.5 Å². The summed E-state index contributed by atoms with van der Waals surface area (Å²) in [6, 6.07) is 7.69. The maximum Gasteiger partial charge on any atom is 0.154 e. The van der Waals surface area contributed by atoms with E-state index in [4.69, 9.17) is 9.47 Å². The lowest BCUT2D eigenvalue weighted by Gasteiger charge is -2.15. The molecule has 0 amide bonds. The topological polar surface area (TPSA) is 18.5 Å². The number of hydrogen-bond donors (Lipinski definition) is 0. The van der Waals surface area contributed by atoms with Crippen LogP contribution in [0.4, 0.5) is 0 Å². The van der Waals surface area contributed by atoms with Gasteiger partial charge in [0.05, 0.1) is 22.7 Å². The highest BCUT2D eigenvalue weighted by Crippen LogP contribution is 2.38. The van der Waals surface area contributed by atoms with E-state index >= 15 is 0 Å². The Hall–Kier alpha value is 1.62. The molecule has 26 heavy (non-hydrogen) atoms. The zero-order valence-electron chi connectivity index (χ0n) is 12.5. The number of rotatable bonds is 6. The number of hydrogen-bond acceptors (Lipinski definition) is 2. The second-order valence-corrected chi connectivity index (χ2v) is 12.1. The molecule has 2 nitrogen and oxygen atoms in total. The van der Waals surface area contributed by atoms with Gasteiger partial charge in [0, 0.05) is 13.4 Å². The number of halogens is 8. The molecular weight excluding hydrogens is 863 g/mol. The van der Waals surface area contributed by atoms with Crippen LogP contribution >= 0.6 is 127 Å². The van der Waals surface area contributed by atoms with Gasteiger partial charge in [-0.05, 0) is 88.0 Å². The Morgan fingerprint density at radius 2 is 1.23 bits per heavy atom. The van der Waals surface area contributed by atoms with Gasteiger partial charge in [0.25, 0.3) is 0 Å². The van der Waals surface area contributed by atoms with Crippen molar-refractivity contribution < 1.29 is 9.47 Å². The Morgan fingerprint density at radius 3 is 1.69 bits per heavy atom. The van der Waals surface area contributed by atoms with E-state index in [9.17, 15) is 0 Å². The summed E-state index contributed by atoms with van der Waals surface area (Å²) in [4.78, 5) is -0.0852. The van der Waals surface area contributed by atoms with Gasteiger partial charge in [0.2, 0.25) is 0 Å². The first kappa shape index (κ1) is 23.9. The van der Waals surface area contributed by atoms with Gasteiger partial charge in [0.1, 0.15) is 18.6 Å². The highest BCUT2D eigenvalue weighted by Gasteiger charge is 2.15. The predicted octanol–water partition coefficient (Wildman–Crippen LogP) is 9.72. The molecule has 1 atom stereocenters. The van der Waals surface area contributed by atoms with Gasteiger partial charge in [-0.3, -0.25) is 0 Å². The van der Waals surface area contributed by atoms with Crippen LogP contribution in [0.1, 0.15) is 0 Å². The van der Waals surface area contributed by atoms with Crippen molar-refractivity contribution >= 4 is 127 Å². The zero-order valence-corrected chi connectivity index (χ0v) is 25.2. The molecule has 0 aliphatic carbocycles. The second kappa shape index (κ2) is 11.1. The Labute approximate surface area is 218 Å². The number of ether oxygens (including phenoxy) is 2.